The van der Waals surface area contributed by atoms with Crippen LogP contribution in [0, 0.1) is 0 Å². The van der Waals surface area contributed by atoms with Crippen LogP contribution in [-0.2, 0) is 16.0 Å². The fraction of sp³-hybridized carbons (Fsp3) is 0.636. The predicted molar refractivity (Wildman–Crippen MR) is 60.0 cm³/mol. The summed E-state index contributed by atoms with van der Waals surface area (Å²) < 4.78 is 17.1. The number of hydrogen-bond acceptors (Lipinski definition) is 5. The van der Waals surface area contributed by atoms with Gasteiger partial charge >= 0.3 is 0 Å². The summed E-state index contributed by atoms with van der Waals surface area (Å²) in [6.07, 6.45) is 1.30. The lowest BCUT2D eigenvalue weighted by Crippen LogP contribution is -2.29. The van der Waals surface area contributed by atoms with Gasteiger partial charge in [0.05, 0.1) is 20.3 Å². The van der Waals surface area contributed by atoms with Gasteiger partial charge in [0.1, 0.15) is 0 Å². The lowest BCUT2D eigenvalue weighted by atomic mass is 10.3. The number of methoxy groups -OCH3 is 1. The Bertz CT molecular complexity index is 412. The summed E-state index contributed by atoms with van der Waals surface area (Å²) in [5.41, 5.74) is -0.151. The van der Waals surface area contributed by atoms with Gasteiger partial charge in [-0.05, 0) is 6.42 Å². The molecule has 0 saturated carbocycles. The molecule has 0 aliphatic carbocycles. The molecule has 1 fully saturated rings. The van der Waals surface area contributed by atoms with Gasteiger partial charge in [0.25, 0.3) is 5.56 Å². The summed E-state index contributed by atoms with van der Waals surface area (Å²) >= 11 is 0. The van der Waals surface area contributed by atoms with Gasteiger partial charge < -0.3 is 14.2 Å². The summed E-state index contributed by atoms with van der Waals surface area (Å²) in [4.78, 5) is 11.5. The molecule has 0 atom stereocenters. The highest BCUT2D eigenvalue weighted by molar-refractivity contribution is 5.05. The van der Waals surface area contributed by atoms with Crippen LogP contribution in [0.25, 0.3) is 0 Å². The minimum absolute atomic E-state index is 0.151. The van der Waals surface area contributed by atoms with Crippen LogP contribution in [0.5, 0.6) is 5.88 Å². The third kappa shape index (κ3) is 3.28. The molecule has 0 aromatic carbocycles. The molecule has 0 bridgehead atoms. The normalized spacial score (nSPS) is 17.0. The summed E-state index contributed by atoms with van der Waals surface area (Å²) in [5, 5.41) is 4.05. The maximum absolute atomic E-state index is 11.5. The van der Waals surface area contributed by atoms with Crippen molar-refractivity contribution in [3.63, 3.8) is 0 Å². The van der Waals surface area contributed by atoms with Crippen LogP contribution in [0.2, 0.25) is 0 Å². The molecule has 2 heterocycles. The van der Waals surface area contributed by atoms with Crippen molar-refractivity contribution in [2.75, 3.05) is 20.3 Å². The van der Waals surface area contributed by atoms with Crippen molar-refractivity contribution in [2.24, 2.45) is 0 Å². The molecular formula is C11H16N2O4. The number of aryl methyl sites for hydroxylation is 1. The summed E-state index contributed by atoms with van der Waals surface area (Å²) in [6.45, 7) is 1.89. The van der Waals surface area contributed by atoms with E-state index in [9.17, 15) is 4.79 Å². The Morgan fingerprint density at radius 3 is 2.94 bits per heavy atom. The third-order valence-corrected chi connectivity index (χ3v) is 2.52. The maximum Gasteiger partial charge on any atom is 0.266 e. The molecule has 0 amide bonds. The Labute approximate surface area is 99.1 Å². The van der Waals surface area contributed by atoms with Gasteiger partial charge in [-0.25, -0.2) is 4.68 Å². The number of hydrogen-bond donors (Lipinski definition) is 0. The monoisotopic (exact) mass is 240 g/mol. The Morgan fingerprint density at radius 2 is 2.24 bits per heavy atom. The molecule has 94 valence electrons. The summed E-state index contributed by atoms with van der Waals surface area (Å²) in [7, 11) is 1.52. The largest absolute Gasteiger partial charge is 0.480 e. The number of nitrogens with zero attached hydrogens (tertiary/aromatic N) is 2. The molecule has 6 heteroatoms. The van der Waals surface area contributed by atoms with Crippen molar-refractivity contribution in [1.82, 2.24) is 9.78 Å². The van der Waals surface area contributed by atoms with E-state index in [1.54, 1.807) is 6.07 Å². The minimum Gasteiger partial charge on any atom is -0.480 e. The molecule has 6 nitrogen and oxygen atoms in total. The zero-order valence-electron chi connectivity index (χ0n) is 9.80. The molecule has 1 aromatic rings. The third-order valence-electron chi connectivity index (χ3n) is 2.52. The van der Waals surface area contributed by atoms with Crippen molar-refractivity contribution < 1.29 is 14.2 Å². The maximum atomic E-state index is 11.5. The van der Waals surface area contributed by atoms with Crippen molar-refractivity contribution in [3.8, 4) is 5.88 Å². The zero-order chi connectivity index (χ0) is 12.1. The molecular weight excluding hydrogens is 224 g/mol. The quantitative estimate of drug-likeness (QED) is 0.762. The van der Waals surface area contributed by atoms with Crippen LogP contribution in [0.1, 0.15) is 12.8 Å². The van der Waals surface area contributed by atoms with Gasteiger partial charge in [-0.3, -0.25) is 4.79 Å². The first-order chi connectivity index (χ1) is 8.29. The van der Waals surface area contributed by atoms with Gasteiger partial charge in [-0.15, -0.1) is 5.10 Å². The summed E-state index contributed by atoms with van der Waals surface area (Å²) in [5.74, 6) is 0.426. The van der Waals surface area contributed by atoms with E-state index in [1.807, 2.05) is 0 Å². The Morgan fingerprint density at radius 1 is 1.47 bits per heavy atom. The van der Waals surface area contributed by atoms with Crippen molar-refractivity contribution in [2.45, 2.75) is 25.7 Å². The van der Waals surface area contributed by atoms with Crippen LogP contribution >= 0.6 is 0 Å². The van der Waals surface area contributed by atoms with Crippen LogP contribution in [0.15, 0.2) is 16.9 Å². The number of aromatic nitrogens is 2. The molecule has 1 aromatic heterocycles. The second-order valence-corrected chi connectivity index (χ2v) is 3.75. The molecule has 0 radical (unpaired) electrons. The second-order valence-electron chi connectivity index (χ2n) is 3.75. The molecule has 1 aliphatic heterocycles. The lowest BCUT2D eigenvalue weighted by molar-refractivity contribution is -0.182. The lowest BCUT2D eigenvalue weighted by Gasteiger charge is -2.23. The van der Waals surface area contributed by atoms with Crippen molar-refractivity contribution >= 4 is 0 Å². The van der Waals surface area contributed by atoms with E-state index >= 15 is 0 Å². The highest BCUT2D eigenvalue weighted by atomic mass is 16.7. The molecule has 1 saturated heterocycles. The van der Waals surface area contributed by atoms with Crippen molar-refractivity contribution in [3.05, 3.63) is 22.5 Å². The van der Waals surface area contributed by atoms with Gasteiger partial charge in [0.2, 0.25) is 5.88 Å². The summed E-state index contributed by atoms with van der Waals surface area (Å²) in [6, 6.07) is 2.99. The Balaban J connectivity index is 1.95. The second kappa shape index (κ2) is 5.79. The first-order valence-electron chi connectivity index (χ1n) is 5.65. The fourth-order valence-corrected chi connectivity index (χ4v) is 1.63. The van der Waals surface area contributed by atoms with Crippen LogP contribution in [-0.4, -0.2) is 36.4 Å². The van der Waals surface area contributed by atoms with Crippen LogP contribution < -0.4 is 10.3 Å². The molecule has 0 N–H and O–H groups in total. The SMILES string of the molecule is COc1ccc(=O)n(CCC2OCCCO2)n1. The molecule has 1 aliphatic rings. The van der Waals surface area contributed by atoms with Crippen molar-refractivity contribution in [1.29, 1.82) is 0 Å². The topological polar surface area (TPSA) is 62.6 Å². The molecule has 0 spiro atoms. The average molecular weight is 240 g/mol. The smallest absolute Gasteiger partial charge is 0.266 e. The van der Waals surface area contributed by atoms with Gasteiger partial charge in [-0.1, -0.05) is 0 Å². The van der Waals surface area contributed by atoms with E-state index in [2.05, 4.69) is 5.10 Å². The minimum atomic E-state index is -0.233. The Kier molecular flexibility index (Phi) is 4.11. The fourth-order valence-electron chi connectivity index (χ4n) is 1.63. The van der Waals surface area contributed by atoms with E-state index in [1.165, 1.54) is 17.9 Å². The van der Waals surface area contributed by atoms with E-state index < -0.39 is 0 Å². The predicted octanol–water partition coefficient (Wildman–Crippen LogP) is 0.405. The highest BCUT2D eigenvalue weighted by Crippen LogP contribution is 2.09. The first-order valence-corrected chi connectivity index (χ1v) is 5.65. The molecule has 17 heavy (non-hydrogen) atoms. The molecule has 0 unspecified atom stereocenters. The molecule has 2 rings (SSSR count). The van der Waals surface area contributed by atoms with Crippen LogP contribution in [0.4, 0.5) is 0 Å². The standard InChI is InChI=1S/C11H16N2O4/c1-15-9-3-4-10(14)13(12-9)6-5-11-16-7-2-8-17-11/h3-4,11H,2,5-8H2,1H3. The van der Waals surface area contributed by atoms with E-state index in [0.29, 0.717) is 32.1 Å². The van der Waals surface area contributed by atoms with Gasteiger partial charge in [0, 0.05) is 25.1 Å². The van der Waals surface area contributed by atoms with E-state index in [4.69, 9.17) is 14.2 Å². The average Bonchev–Trinajstić information content (AvgIpc) is 2.39. The zero-order valence-corrected chi connectivity index (χ0v) is 9.80. The van der Waals surface area contributed by atoms with Gasteiger partial charge in [0.15, 0.2) is 6.29 Å². The Hall–Kier alpha value is -1.40. The number of ether oxygens (including phenoxy) is 3. The van der Waals surface area contributed by atoms with E-state index in [0.717, 1.165) is 6.42 Å². The number of rotatable bonds is 4. The highest BCUT2D eigenvalue weighted by Gasteiger charge is 2.14. The van der Waals surface area contributed by atoms with E-state index in [-0.39, 0.29) is 11.8 Å². The first kappa shape index (κ1) is 12.1. The van der Waals surface area contributed by atoms with Gasteiger partial charge in [-0.2, -0.15) is 0 Å². The van der Waals surface area contributed by atoms with Crippen LogP contribution in [0.3, 0.4) is 0 Å².